The van der Waals surface area contributed by atoms with E-state index >= 15 is 0 Å². The van der Waals surface area contributed by atoms with E-state index in [1.807, 2.05) is 19.1 Å². The topological polar surface area (TPSA) is 27.3 Å². The third-order valence-corrected chi connectivity index (χ3v) is 4.66. The van der Waals surface area contributed by atoms with Gasteiger partial charge < -0.3 is 15.5 Å². The molecule has 0 aromatic heterocycles. The van der Waals surface area contributed by atoms with Crippen molar-refractivity contribution in [3.8, 4) is 12.5 Å². The minimum atomic E-state index is -2.87. The average Bonchev–Trinajstić information content (AvgIpc) is 2.50. The molecule has 0 amide bonds. The molecule has 5 heteroatoms. The third kappa shape index (κ3) is 5.12. The lowest BCUT2D eigenvalue weighted by atomic mass is 9.91. The van der Waals surface area contributed by atoms with Crippen LogP contribution in [-0.2, 0) is 0 Å². The Balaban J connectivity index is 2.18. The van der Waals surface area contributed by atoms with E-state index in [0.717, 1.165) is 44.0 Å². The molecule has 0 spiro atoms. The van der Waals surface area contributed by atoms with Crippen LogP contribution in [0, 0.1) is 12.5 Å². The van der Waals surface area contributed by atoms with Gasteiger partial charge in [-0.2, -0.15) is 0 Å². The summed E-state index contributed by atoms with van der Waals surface area (Å²) in [6.45, 7) is 8.32. The predicted octanol–water partition coefficient (Wildman–Crippen LogP) is 4.24. The van der Waals surface area contributed by atoms with Gasteiger partial charge in [-0.1, -0.05) is 13.0 Å². The maximum atomic E-state index is 13.6. The minimum Gasteiger partial charge on any atom is -0.368 e. The Morgan fingerprint density at radius 2 is 2.08 bits per heavy atom. The first-order chi connectivity index (χ1) is 11.7. The third-order valence-electron chi connectivity index (χ3n) is 4.66. The molecule has 3 nitrogen and oxygen atoms in total. The van der Waals surface area contributed by atoms with Gasteiger partial charge in [-0.25, -0.2) is 8.78 Å². The van der Waals surface area contributed by atoms with E-state index in [0.29, 0.717) is 5.70 Å². The molecule has 136 valence electrons. The Kier molecular flexibility index (Phi) is 5.94. The number of nitrogens with zero attached hydrogens (tertiary/aromatic N) is 1. The summed E-state index contributed by atoms with van der Waals surface area (Å²) in [6.07, 6.45) is 14.7. The highest BCUT2D eigenvalue weighted by Gasteiger charge is 2.27. The van der Waals surface area contributed by atoms with Gasteiger partial charge in [-0.05, 0) is 57.3 Å². The molecule has 25 heavy (non-hydrogen) atoms. The normalized spacial score (nSPS) is 25.0. The van der Waals surface area contributed by atoms with Gasteiger partial charge in [0, 0.05) is 42.5 Å². The van der Waals surface area contributed by atoms with Crippen molar-refractivity contribution < 1.29 is 8.78 Å². The second kappa shape index (κ2) is 7.77. The molecular formula is C20H27F2N3. The first-order valence-corrected chi connectivity index (χ1v) is 8.63. The quantitative estimate of drug-likeness (QED) is 0.575. The van der Waals surface area contributed by atoms with E-state index < -0.39 is 5.92 Å². The highest BCUT2D eigenvalue weighted by molar-refractivity contribution is 5.38. The molecule has 1 fully saturated rings. The first-order valence-electron chi connectivity index (χ1n) is 8.63. The van der Waals surface area contributed by atoms with E-state index in [4.69, 9.17) is 6.42 Å². The van der Waals surface area contributed by atoms with Crippen LogP contribution in [0.4, 0.5) is 8.78 Å². The number of halogens is 2. The maximum Gasteiger partial charge on any atom is 0.268 e. The smallest absolute Gasteiger partial charge is 0.268 e. The van der Waals surface area contributed by atoms with Crippen LogP contribution in [-0.4, -0.2) is 22.9 Å². The zero-order valence-electron chi connectivity index (χ0n) is 15.2. The SMILES string of the molecule is C#CNC1CCCC(NC2=CC(C)=CC(=C)N2/C=C(\C)C(C)(F)F)C1. The number of terminal acetylenes is 1. The average molecular weight is 347 g/mol. The standard InChI is InChI=1S/C20H27F2N3/c1-6-23-17-8-7-9-18(12-17)24-19-11-14(2)10-16(4)25(19)13-15(3)20(5,21)22/h1,10-11,13,17-18,23-24H,4,7-9,12H2,2-3,5H3/b15-13+. The van der Waals surface area contributed by atoms with E-state index in [-0.39, 0.29) is 17.7 Å². The number of allylic oxidation sites excluding steroid dienone is 4. The lowest BCUT2D eigenvalue weighted by molar-refractivity contribution is 0.0620. The predicted molar refractivity (Wildman–Crippen MR) is 98.3 cm³/mol. The van der Waals surface area contributed by atoms with Crippen molar-refractivity contribution in [3.05, 3.63) is 47.6 Å². The van der Waals surface area contributed by atoms with Crippen LogP contribution in [0.15, 0.2) is 47.6 Å². The molecule has 0 radical (unpaired) electrons. The fourth-order valence-electron chi connectivity index (χ4n) is 3.16. The molecule has 2 aliphatic rings. The molecule has 2 rings (SSSR count). The van der Waals surface area contributed by atoms with Crippen LogP contribution in [0.2, 0.25) is 0 Å². The number of hydrogen-bond acceptors (Lipinski definition) is 3. The van der Waals surface area contributed by atoms with E-state index in [2.05, 4.69) is 23.3 Å². The fraction of sp³-hybridized carbons (Fsp3) is 0.500. The maximum absolute atomic E-state index is 13.6. The van der Waals surface area contributed by atoms with E-state index in [1.54, 1.807) is 4.90 Å². The van der Waals surface area contributed by atoms with Crippen LogP contribution >= 0.6 is 0 Å². The van der Waals surface area contributed by atoms with Crippen molar-refractivity contribution in [2.24, 2.45) is 0 Å². The van der Waals surface area contributed by atoms with Gasteiger partial charge in [0.05, 0.1) is 0 Å². The molecule has 2 atom stereocenters. The Labute approximate surface area is 149 Å². The Hall–Kier alpha value is -2.22. The molecule has 0 bridgehead atoms. The molecule has 0 saturated heterocycles. The monoisotopic (exact) mass is 347 g/mol. The Morgan fingerprint density at radius 1 is 1.40 bits per heavy atom. The summed E-state index contributed by atoms with van der Waals surface area (Å²) in [5.74, 6) is -2.09. The van der Waals surface area contributed by atoms with Crippen LogP contribution in [0.5, 0.6) is 0 Å². The fourth-order valence-corrected chi connectivity index (χ4v) is 3.16. The second-order valence-electron chi connectivity index (χ2n) is 6.97. The molecule has 1 saturated carbocycles. The largest absolute Gasteiger partial charge is 0.368 e. The molecule has 0 aromatic carbocycles. The molecular weight excluding hydrogens is 320 g/mol. The molecule has 1 aliphatic carbocycles. The highest BCUT2D eigenvalue weighted by Crippen LogP contribution is 2.29. The summed E-state index contributed by atoms with van der Waals surface area (Å²) in [4.78, 5) is 1.71. The van der Waals surface area contributed by atoms with Crippen molar-refractivity contribution >= 4 is 0 Å². The summed E-state index contributed by atoms with van der Waals surface area (Å²) in [5, 5.41) is 6.55. The summed E-state index contributed by atoms with van der Waals surface area (Å²) in [6, 6.07) is 3.03. The zero-order chi connectivity index (χ0) is 18.6. The molecule has 2 N–H and O–H groups in total. The molecule has 1 aliphatic heterocycles. The molecule has 1 heterocycles. The van der Waals surface area contributed by atoms with E-state index in [1.165, 1.54) is 13.1 Å². The van der Waals surface area contributed by atoms with Gasteiger partial charge in [-0.3, -0.25) is 0 Å². The van der Waals surface area contributed by atoms with E-state index in [9.17, 15) is 8.78 Å². The highest BCUT2D eigenvalue weighted by atomic mass is 19.3. The van der Waals surface area contributed by atoms with Crippen molar-refractivity contribution in [2.45, 2.75) is 64.5 Å². The van der Waals surface area contributed by atoms with Gasteiger partial charge in [0.1, 0.15) is 5.82 Å². The van der Waals surface area contributed by atoms with Crippen LogP contribution in [0.3, 0.4) is 0 Å². The number of rotatable bonds is 5. The summed E-state index contributed by atoms with van der Waals surface area (Å²) < 4.78 is 27.2. The van der Waals surface area contributed by atoms with Gasteiger partial charge >= 0.3 is 0 Å². The molecule has 2 unspecified atom stereocenters. The molecule has 0 aromatic rings. The van der Waals surface area contributed by atoms with Gasteiger partial charge in [0.2, 0.25) is 0 Å². The van der Waals surface area contributed by atoms with Crippen LogP contribution in [0.25, 0.3) is 0 Å². The Morgan fingerprint density at radius 3 is 2.72 bits per heavy atom. The zero-order valence-corrected chi connectivity index (χ0v) is 15.2. The number of alkyl halides is 2. The number of nitrogens with one attached hydrogen (secondary N) is 2. The van der Waals surface area contributed by atoms with Gasteiger partial charge in [0.25, 0.3) is 5.92 Å². The summed E-state index contributed by atoms with van der Waals surface area (Å²) >= 11 is 0. The van der Waals surface area contributed by atoms with Crippen molar-refractivity contribution in [3.63, 3.8) is 0 Å². The summed E-state index contributed by atoms with van der Waals surface area (Å²) in [5.41, 5.74) is 1.69. The van der Waals surface area contributed by atoms with Crippen molar-refractivity contribution in [2.75, 3.05) is 0 Å². The van der Waals surface area contributed by atoms with Crippen LogP contribution < -0.4 is 10.6 Å². The lowest BCUT2D eigenvalue weighted by Crippen LogP contribution is -2.43. The minimum absolute atomic E-state index is 0.00942. The first kappa shape index (κ1) is 19.1. The lowest BCUT2D eigenvalue weighted by Gasteiger charge is -2.35. The summed E-state index contributed by atoms with van der Waals surface area (Å²) in [7, 11) is 0. The van der Waals surface area contributed by atoms with Gasteiger partial charge in [0.15, 0.2) is 0 Å². The Bertz CT molecular complexity index is 647. The van der Waals surface area contributed by atoms with Crippen molar-refractivity contribution in [1.82, 2.24) is 15.5 Å². The van der Waals surface area contributed by atoms with Crippen molar-refractivity contribution in [1.29, 1.82) is 0 Å². The number of hydrogen-bond donors (Lipinski definition) is 2. The van der Waals surface area contributed by atoms with Gasteiger partial charge in [-0.15, -0.1) is 0 Å². The van der Waals surface area contributed by atoms with Crippen LogP contribution in [0.1, 0.15) is 46.5 Å². The second-order valence-corrected chi connectivity index (χ2v) is 6.97.